The molecule has 20 heavy (non-hydrogen) atoms. The Labute approximate surface area is 136 Å². The van der Waals surface area contributed by atoms with Crippen molar-refractivity contribution in [2.75, 3.05) is 5.75 Å². The van der Waals surface area contributed by atoms with E-state index >= 15 is 0 Å². The minimum atomic E-state index is 0. The fourth-order valence-corrected chi connectivity index (χ4v) is 4.30. The molecule has 0 saturated carbocycles. The van der Waals surface area contributed by atoms with Crippen molar-refractivity contribution in [1.29, 1.82) is 0 Å². The Hall–Kier alpha value is -0.891. The van der Waals surface area contributed by atoms with Crippen LogP contribution < -0.4 is 0 Å². The molecule has 4 rings (SSSR count). The van der Waals surface area contributed by atoms with Crippen molar-refractivity contribution in [3.05, 3.63) is 48.2 Å². The van der Waals surface area contributed by atoms with Crippen molar-refractivity contribution < 1.29 is 20.1 Å². The van der Waals surface area contributed by atoms with Gasteiger partial charge in [-0.1, -0.05) is 42.3 Å². The fourth-order valence-electron chi connectivity index (χ4n) is 2.82. The zero-order valence-electron chi connectivity index (χ0n) is 11.4. The van der Waals surface area contributed by atoms with Crippen LogP contribution in [0.5, 0.6) is 0 Å². The second-order valence-corrected chi connectivity index (χ2v) is 6.75. The topological polar surface area (TPSA) is 12.9 Å². The van der Waals surface area contributed by atoms with Crippen LogP contribution in [0.1, 0.15) is 19.4 Å². The number of hydrogen-bond donors (Lipinski definition) is 0. The first kappa shape index (κ1) is 14.1. The first-order chi connectivity index (χ1) is 9.17. The maximum atomic E-state index is 4.53. The summed E-state index contributed by atoms with van der Waals surface area (Å²) in [5, 5.41) is 3.65. The third-order valence-electron chi connectivity index (χ3n) is 3.93. The van der Waals surface area contributed by atoms with Crippen LogP contribution in [0.25, 0.3) is 21.7 Å². The van der Waals surface area contributed by atoms with Crippen molar-refractivity contribution >= 4 is 33.4 Å². The molecular formula is C17H14IrNS-. The van der Waals surface area contributed by atoms with E-state index in [1.165, 1.54) is 21.2 Å². The monoisotopic (exact) mass is 457 g/mol. The maximum absolute atomic E-state index is 4.53. The third kappa shape index (κ3) is 1.92. The molecule has 0 unspecified atom stereocenters. The summed E-state index contributed by atoms with van der Waals surface area (Å²) in [6.07, 6.45) is 1.86. The van der Waals surface area contributed by atoms with E-state index < -0.39 is 0 Å². The summed E-state index contributed by atoms with van der Waals surface area (Å²) in [7, 11) is 0. The normalized spacial score (nSPS) is 16.1. The molecule has 0 spiro atoms. The van der Waals surface area contributed by atoms with Crippen molar-refractivity contribution in [3.63, 3.8) is 0 Å². The van der Waals surface area contributed by atoms with Gasteiger partial charge in [0.2, 0.25) is 0 Å². The summed E-state index contributed by atoms with van der Waals surface area (Å²) in [6.45, 7) is 4.62. The van der Waals surface area contributed by atoms with Crippen molar-refractivity contribution in [2.45, 2.75) is 24.2 Å². The number of hydrogen-bond acceptors (Lipinski definition) is 2. The summed E-state index contributed by atoms with van der Waals surface area (Å²) in [6, 6.07) is 14.1. The Morgan fingerprint density at radius 3 is 2.95 bits per heavy atom. The smallest absolute Gasteiger partial charge is 0.0161 e. The van der Waals surface area contributed by atoms with E-state index in [1.807, 2.05) is 24.0 Å². The molecule has 0 N–H and O–H groups in total. The Kier molecular flexibility index (Phi) is 3.40. The molecule has 3 heteroatoms. The van der Waals surface area contributed by atoms with Crippen LogP contribution in [-0.4, -0.2) is 10.7 Å². The van der Waals surface area contributed by atoms with Crippen molar-refractivity contribution in [1.82, 2.24) is 4.98 Å². The summed E-state index contributed by atoms with van der Waals surface area (Å²) in [5.41, 5.74) is 2.75. The van der Waals surface area contributed by atoms with E-state index in [1.54, 1.807) is 0 Å². The van der Waals surface area contributed by atoms with E-state index in [0.717, 1.165) is 16.7 Å². The largest absolute Gasteiger partial charge is 0.304 e. The molecule has 0 atom stereocenters. The van der Waals surface area contributed by atoms with E-state index in [4.69, 9.17) is 0 Å². The van der Waals surface area contributed by atoms with Gasteiger partial charge >= 0.3 is 0 Å². The predicted molar refractivity (Wildman–Crippen MR) is 81.8 cm³/mol. The van der Waals surface area contributed by atoms with Crippen LogP contribution in [0.4, 0.5) is 0 Å². The van der Waals surface area contributed by atoms with Gasteiger partial charge < -0.3 is 4.98 Å². The van der Waals surface area contributed by atoms with E-state index in [9.17, 15) is 0 Å². The number of pyridine rings is 1. The molecule has 3 aromatic rings. The molecule has 1 aliphatic rings. The molecule has 1 aromatic heterocycles. The quantitative estimate of drug-likeness (QED) is 0.363. The number of benzene rings is 2. The second-order valence-electron chi connectivity index (χ2n) is 5.77. The SMILES string of the molecule is CC1(C)CSc2c1c[c-]c1c2ccc2cccnc21.[Ir]. The van der Waals surface area contributed by atoms with Gasteiger partial charge in [0.25, 0.3) is 0 Å². The Morgan fingerprint density at radius 2 is 2.10 bits per heavy atom. The zero-order valence-corrected chi connectivity index (χ0v) is 14.6. The summed E-state index contributed by atoms with van der Waals surface area (Å²) >= 11 is 1.97. The number of fused-ring (bicyclic) bond motifs is 5. The van der Waals surface area contributed by atoms with Gasteiger partial charge in [0, 0.05) is 26.3 Å². The van der Waals surface area contributed by atoms with E-state index in [0.29, 0.717) is 0 Å². The average Bonchev–Trinajstić information content (AvgIpc) is 2.74. The Balaban J connectivity index is 0.00000121. The minimum Gasteiger partial charge on any atom is -0.304 e. The molecule has 1 radical (unpaired) electrons. The van der Waals surface area contributed by atoms with Gasteiger partial charge in [-0.2, -0.15) is 0 Å². The summed E-state index contributed by atoms with van der Waals surface area (Å²) < 4.78 is 0. The molecule has 2 heterocycles. The molecule has 1 nitrogen and oxygen atoms in total. The standard InChI is InChI=1S/C17H14NS.Ir/c1-17(2)10-19-16-13-6-5-11-4-3-9-18-15(11)12(13)7-8-14(16)17;/h3-6,8-9H,10H2,1-2H3;/q-1;. The minimum absolute atomic E-state index is 0. The number of rotatable bonds is 0. The van der Waals surface area contributed by atoms with Crippen LogP contribution >= 0.6 is 11.8 Å². The van der Waals surface area contributed by atoms with Gasteiger partial charge in [0.05, 0.1) is 0 Å². The molecule has 0 aliphatic carbocycles. The Morgan fingerprint density at radius 1 is 1.25 bits per heavy atom. The molecule has 0 amide bonds. The number of thioether (sulfide) groups is 1. The second kappa shape index (κ2) is 4.84. The van der Waals surface area contributed by atoms with Crippen molar-refractivity contribution in [2.24, 2.45) is 0 Å². The first-order valence-corrected chi connectivity index (χ1v) is 7.51. The van der Waals surface area contributed by atoms with Crippen LogP contribution in [0, 0.1) is 6.07 Å². The van der Waals surface area contributed by atoms with Gasteiger partial charge in [-0.05, 0) is 28.1 Å². The van der Waals surface area contributed by atoms with E-state index in [2.05, 4.69) is 49.2 Å². The van der Waals surface area contributed by atoms with Gasteiger partial charge in [-0.3, -0.25) is 0 Å². The maximum Gasteiger partial charge on any atom is 0.0161 e. The van der Waals surface area contributed by atoms with E-state index in [-0.39, 0.29) is 25.5 Å². The average molecular weight is 457 g/mol. The molecule has 0 fully saturated rings. The van der Waals surface area contributed by atoms with Gasteiger partial charge in [0.1, 0.15) is 0 Å². The van der Waals surface area contributed by atoms with Gasteiger partial charge in [-0.15, -0.1) is 34.8 Å². The summed E-state index contributed by atoms with van der Waals surface area (Å²) in [4.78, 5) is 5.95. The Bertz CT molecular complexity index is 811. The van der Waals surface area contributed by atoms with Crippen LogP contribution in [0.15, 0.2) is 41.4 Å². The molecule has 0 bridgehead atoms. The van der Waals surface area contributed by atoms with Crippen LogP contribution in [-0.2, 0) is 25.5 Å². The summed E-state index contributed by atoms with van der Waals surface area (Å²) in [5.74, 6) is 1.15. The van der Waals surface area contributed by atoms with Gasteiger partial charge in [-0.25, -0.2) is 0 Å². The third-order valence-corrected chi connectivity index (χ3v) is 5.53. The zero-order chi connectivity index (χ0) is 13.0. The first-order valence-electron chi connectivity index (χ1n) is 6.52. The molecule has 2 aromatic carbocycles. The molecule has 0 saturated heterocycles. The van der Waals surface area contributed by atoms with Crippen LogP contribution in [0.3, 0.4) is 0 Å². The predicted octanol–water partition coefficient (Wildman–Crippen LogP) is 4.57. The molecular weight excluding hydrogens is 442 g/mol. The van der Waals surface area contributed by atoms with Crippen LogP contribution in [0.2, 0.25) is 0 Å². The fraction of sp³-hybridized carbons (Fsp3) is 0.235. The molecule has 103 valence electrons. The number of nitrogens with zero attached hydrogens (tertiary/aromatic N) is 1. The number of aromatic nitrogens is 1. The van der Waals surface area contributed by atoms with Crippen molar-refractivity contribution in [3.8, 4) is 0 Å². The van der Waals surface area contributed by atoms with Gasteiger partial charge in [0.15, 0.2) is 0 Å². The molecule has 1 aliphatic heterocycles.